The molecule has 0 N–H and O–H groups in total. The standard InChI is InChI=1S/C10H14/c1-6-7(2)9-4-5-10(9)8(6)3/h9H,4-5H2,1-3H3. The predicted molar refractivity (Wildman–Crippen MR) is 43.8 cm³/mol. The van der Waals surface area contributed by atoms with Gasteiger partial charge in [-0.25, -0.2) is 0 Å². The van der Waals surface area contributed by atoms with Gasteiger partial charge in [-0.1, -0.05) is 11.1 Å². The van der Waals surface area contributed by atoms with Crippen LogP contribution in [-0.2, 0) is 0 Å². The molecule has 0 aromatic rings. The van der Waals surface area contributed by atoms with Gasteiger partial charge in [-0.3, -0.25) is 0 Å². The molecule has 2 aliphatic carbocycles. The molecular formula is C10H14. The summed E-state index contributed by atoms with van der Waals surface area (Å²) < 4.78 is 0. The van der Waals surface area contributed by atoms with Gasteiger partial charge >= 0.3 is 0 Å². The van der Waals surface area contributed by atoms with Gasteiger partial charge in [0.25, 0.3) is 0 Å². The molecule has 0 spiro atoms. The molecule has 0 amide bonds. The second-order valence-corrected chi connectivity index (χ2v) is 3.55. The van der Waals surface area contributed by atoms with Crippen LogP contribution in [0.1, 0.15) is 33.6 Å². The Balaban J connectivity index is 2.46. The third kappa shape index (κ3) is 0.524. The lowest BCUT2D eigenvalue weighted by atomic mass is 9.78. The van der Waals surface area contributed by atoms with Crippen LogP contribution in [0.25, 0.3) is 0 Å². The molecule has 0 bridgehead atoms. The van der Waals surface area contributed by atoms with E-state index < -0.39 is 0 Å². The summed E-state index contributed by atoms with van der Waals surface area (Å²) in [6, 6.07) is 0. The Labute approximate surface area is 62.6 Å². The van der Waals surface area contributed by atoms with E-state index >= 15 is 0 Å². The summed E-state index contributed by atoms with van der Waals surface area (Å²) in [6.45, 7) is 6.82. The second-order valence-electron chi connectivity index (χ2n) is 3.55. The topological polar surface area (TPSA) is 0 Å². The van der Waals surface area contributed by atoms with E-state index in [2.05, 4.69) is 20.8 Å². The average molecular weight is 134 g/mol. The van der Waals surface area contributed by atoms with Gasteiger partial charge in [0, 0.05) is 5.92 Å². The number of allylic oxidation sites excluding steroid dienone is 4. The highest BCUT2D eigenvalue weighted by Crippen LogP contribution is 2.48. The maximum atomic E-state index is 2.29. The van der Waals surface area contributed by atoms with E-state index in [1.165, 1.54) is 12.8 Å². The largest absolute Gasteiger partial charge is 0.0629 e. The van der Waals surface area contributed by atoms with Crippen LogP contribution in [0.15, 0.2) is 22.3 Å². The van der Waals surface area contributed by atoms with Crippen LogP contribution in [0.5, 0.6) is 0 Å². The molecule has 0 heteroatoms. The van der Waals surface area contributed by atoms with Crippen molar-refractivity contribution >= 4 is 0 Å². The van der Waals surface area contributed by atoms with E-state index in [-0.39, 0.29) is 0 Å². The summed E-state index contributed by atoms with van der Waals surface area (Å²) in [5.41, 5.74) is 6.53. The first-order valence-corrected chi connectivity index (χ1v) is 4.09. The molecule has 0 aromatic heterocycles. The molecule has 0 aromatic carbocycles. The fourth-order valence-electron chi connectivity index (χ4n) is 2.16. The van der Waals surface area contributed by atoms with Gasteiger partial charge in [-0.2, -0.15) is 0 Å². The third-order valence-electron chi connectivity index (χ3n) is 3.28. The van der Waals surface area contributed by atoms with E-state index in [0.29, 0.717) is 0 Å². The zero-order chi connectivity index (χ0) is 7.30. The fraction of sp³-hybridized carbons (Fsp3) is 0.600. The van der Waals surface area contributed by atoms with E-state index in [9.17, 15) is 0 Å². The zero-order valence-electron chi connectivity index (χ0n) is 6.99. The molecule has 10 heavy (non-hydrogen) atoms. The summed E-state index contributed by atoms with van der Waals surface area (Å²) in [7, 11) is 0. The van der Waals surface area contributed by atoms with Crippen molar-refractivity contribution in [3.05, 3.63) is 22.3 Å². The predicted octanol–water partition coefficient (Wildman–Crippen LogP) is 3.06. The van der Waals surface area contributed by atoms with E-state index in [4.69, 9.17) is 0 Å². The number of hydrogen-bond donors (Lipinski definition) is 0. The fourth-order valence-corrected chi connectivity index (χ4v) is 2.16. The Morgan fingerprint density at radius 3 is 2.00 bits per heavy atom. The second kappa shape index (κ2) is 1.75. The van der Waals surface area contributed by atoms with Crippen LogP contribution < -0.4 is 0 Å². The lowest BCUT2D eigenvalue weighted by molar-refractivity contribution is 0.514. The van der Waals surface area contributed by atoms with Crippen molar-refractivity contribution in [3.8, 4) is 0 Å². The molecule has 54 valence electrons. The molecule has 2 rings (SSSR count). The number of hydrogen-bond acceptors (Lipinski definition) is 0. The maximum Gasteiger partial charge on any atom is 0.00189 e. The van der Waals surface area contributed by atoms with Crippen molar-refractivity contribution in [2.75, 3.05) is 0 Å². The molecule has 0 heterocycles. The SMILES string of the molecule is CC1=C(C)C2CCC2=C1C. The van der Waals surface area contributed by atoms with Crippen LogP contribution in [0.3, 0.4) is 0 Å². The van der Waals surface area contributed by atoms with Gasteiger partial charge in [-0.15, -0.1) is 0 Å². The summed E-state index contributed by atoms with van der Waals surface area (Å²) in [5, 5.41) is 0. The van der Waals surface area contributed by atoms with Crippen LogP contribution in [0.4, 0.5) is 0 Å². The normalized spacial score (nSPS) is 30.9. The van der Waals surface area contributed by atoms with Crippen LogP contribution in [-0.4, -0.2) is 0 Å². The number of rotatable bonds is 0. The third-order valence-corrected chi connectivity index (χ3v) is 3.28. The minimum absolute atomic E-state index is 0.875. The van der Waals surface area contributed by atoms with E-state index in [0.717, 1.165) is 5.92 Å². The highest BCUT2D eigenvalue weighted by molar-refractivity contribution is 5.50. The Morgan fingerprint density at radius 1 is 1.10 bits per heavy atom. The van der Waals surface area contributed by atoms with Crippen molar-refractivity contribution in [1.82, 2.24) is 0 Å². The van der Waals surface area contributed by atoms with Crippen molar-refractivity contribution < 1.29 is 0 Å². The van der Waals surface area contributed by atoms with Gasteiger partial charge in [0.2, 0.25) is 0 Å². The lowest BCUT2D eigenvalue weighted by Gasteiger charge is -2.27. The highest BCUT2D eigenvalue weighted by atomic mass is 14.4. The van der Waals surface area contributed by atoms with Crippen molar-refractivity contribution in [1.29, 1.82) is 0 Å². The molecule has 2 aliphatic rings. The molecule has 0 aliphatic heterocycles. The van der Waals surface area contributed by atoms with Gasteiger partial charge < -0.3 is 0 Å². The summed E-state index contributed by atoms with van der Waals surface area (Å²) in [5.74, 6) is 0.875. The first-order valence-electron chi connectivity index (χ1n) is 4.09. The lowest BCUT2D eigenvalue weighted by Crippen LogP contribution is -2.13. The monoisotopic (exact) mass is 134 g/mol. The first-order chi connectivity index (χ1) is 4.72. The Kier molecular flexibility index (Phi) is 1.08. The molecule has 0 radical (unpaired) electrons. The molecular weight excluding hydrogens is 120 g/mol. The Bertz CT molecular complexity index is 223. The molecule has 1 saturated carbocycles. The zero-order valence-corrected chi connectivity index (χ0v) is 6.99. The maximum absolute atomic E-state index is 2.29. The Hall–Kier alpha value is -0.520. The quantitative estimate of drug-likeness (QED) is 0.477. The summed E-state index contributed by atoms with van der Waals surface area (Å²) in [6.07, 6.45) is 2.78. The molecule has 0 saturated heterocycles. The Morgan fingerprint density at radius 2 is 1.80 bits per heavy atom. The minimum Gasteiger partial charge on any atom is -0.0629 e. The van der Waals surface area contributed by atoms with Crippen molar-refractivity contribution in [2.45, 2.75) is 33.6 Å². The van der Waals surface area contributed by atoms with Gasteiger partial charge in [0.15, 0.2) is 0 Å². The van der Waals surface area contributed by atoms with Crippen LogP contribution in [0.2, 0.25) is 0 Å². The first kappa shape index (κ1) is 6.21. The average Bonchev–Trinajstić information content (AvgIpc) is 1.92. The number of fused-ring (bicyclic) bond motifs is 1. The smallest absolute Gasteiger partial charge is 0.00189 e. The van der Waals surface area contributed by atoms with Gasteiger partial charge in [0.05, 0.1) is 0 Å². The van der Waals surface area contributed by atoms with Crippen molar-refractivity contribution in [3.63, 3.8) is 0 Å². The van der Waals surface area contributed by atoms with Gasteiger partial charge in [0.1, 0.15) is 0 Å². The molecule has 1 atom stereocenters. The van der Waals surface area contributed by atoms with E-state index in [1.54, 1.807) is 22.3 Å². The summed E-state index contributed by atoms with van der Waals surface area (Å²) >= 11 is 0. The van der Waals surface area contributed by atoms with E-state index in [1.807, 2.05) is 0 Å². The van der Waals surface area contributed by atoms with Crippen LogP contribution in [0, 0.1) is 5.92 Å². The summed E-state index contributed by atoms with van der Waals surface area (Å²) in [4.78, 5) is 0. The van der Waals surface area contributed by atoms with Crippen LogP contribution >= 0.6 is 0 Å². The van der Waals surface area contributed by atoms with Gasteiger partial charge in [-0.05, 0) is 44.8 Å². The molecule has 1 fully saturated rings. The highest BCUT2D eigenvalue weighted by Gasteiger charge is 2.33. The minimum atomic E-state index is 0.875. The van der Waals surface area contributed by atoms with Crippen molar-refractivity contribution in [2.24, 2.45) is 5.92 Å². The molecule has 0 nitrogen and oxygen atoms in total. The molecule has 1 unspecified atom stereocenters.